The van der Waals surface area contributed by atoms with Gasteiger partial charge < -0.3 is 29.7 Å². The summed E-state index contributed by atoms with van der Waals surface area (Å²) in [6, 6.07) is 5.76. The molecule has 0 spiro atoms. The van der Waals surface area contributed by atoms with E-state index in [2.05, 4.69) is 5.32 Å². The van der Waals surface area contributed by atoms with Gasteiger partial charge in [-0.1, -0.05) is 0 Å². The fourth-order valence-corrected chi connectivity index (χ4v) is 2.74. The van der Waals surface area contributed by atoms with Gasteiger partial charge in [0.1, 0.15) is 11.3 Å². The highest BCUT2D eigenvalue weighted by Gasteiger charge is 2.20. The summed E-state index contributed by atoms with van der Waals surface area (Å²) in [5.41, 5.74) is 0.532. The number of ether oxygens (including phenoxy) is 3. The molecule has 0 aliphatic heterocycles. The number of carboxylic acid groups (broad SMARTS) is 1. The number of nitrogens with one attached hydrogen (secondary N) is 1. The third-order valence-electron chi connectivity index (χ3n) is 3.96. The number of aromatic hydroxyl groups is 1. The number of carbonyl (C=O) groups is 2. The second-order valence-electron chi connectivity index (χ2n) is 6.05. The van der Waals surface area contributed by atoms with Crippen LogP contribution in [0.4, 0.5) is 5.69 Å². The number of carboxylic acids is 1. The third kappa shape index (κ3) is 5.10. The summed E-state index contributed by atoms with van der Waals surface area (Å²) in [6.07, 6.45) is 0. The topological polar surface area (TPSA) is 114 Å². The number of phenols is 1. The van der Waals surface area contributed by atoms with Crippen LogP contribution in [0.5, 0.6) is 23.0 Å². The van der Waals surface area contributed by atoms with Gasteiger partial charge in [0.15, 0.2) is 11.5 Å². The first-order valence-corrected chi connectivity index (χ1v) is 9.26. The Kier molecular flexibility index (Phi) is 7.30. The van der Waals surface area contributed by atoms with E-state index in [1.807, 2.05) is 20.8 Å². The highest BCUT2D eigenvalue weighted by Crippen LogP contribution is 2.39. The minimum absolute atomic E-state index is 0.243. The Morgan fingerprint density at radius 2 is 1.48 bits per heavy atom. The average molecular weight is 403 g/mol. The van der Waals surface area contributed by atoms with Gasteiger partial charge in [-0.15, -0.1) is 0 Å². The zero-order valence-corrected chi connectivity index (χ0v) is 16.9. The number of hydrogen-bond donors (Lipinski definition) is 3. The van der Waals surface area contributed by atoms with Crippen molar-refractivity contribution in [2.75, 3.05) is 25.1 Å². The summed E-state index contributed by atoms with van der Waals surface area (Å²) in [5, 5.41) is 21.7. The van der Waals surface area contributed by atoms with Gasteiger partial charge in [-0.3, -0.25) is 4.79 Å². The molecule has 2 aromatic rings. The second kappa shape index (κ2) is 9.68. The molecule has 0 saturated heterocycles. The quantitative estimate of drug-likeness (QED) is 0.545. The zero-order chi connectivity index (χ0) is 21.6. The number of aromatic carboxylic acids is 1. The lowest BCUT2D eigenvalue weighted by Gasteiger charge is -2.17. The Balaban J connectivity index is 2.43. The van der Waals surface area contributed by atoms with Crippen molar-refractivity contribution in [1.29, 1.82) is 0 Å². The van der Waals surface area contributed by atoms with Crippen LogP contribution in [0.2, 0.25) is 0 Å². The SMILES string of the molecule is CCOc1cc(C(=O)Nc2cc(C)c(O)c(C(=O)O)c2)cc(OCC)c1OCC. The molecule has 156 valence electrons. The van der Waals surface area contributed by atoms with Crippen LogP contribution in [-0.4, -0.2) is 41.9 Å². The van der Waals surface area contributed by atoms with Gasteiger partial charge in [-0.25, -0.2) is 4.79 Å². The minimum atomic E-state index is -1.29. The largest absolute Gasteiger partial charge is 0.507 e. The van der Waals surface area contributed by atoms with Crippen LogP contribution in [0.3, 0.4) is 0 Å². The molecule has 0 radical (unpaired) electrons. The molecule has 2 rings (SSSR count). The fourth-order valence-electron chi connectivity index (χ4n) is 2.74. The van der Waals surface area contributed by atoms with E-state index >= 15 is 0 Å². The van der Waals surface area contributed by atoms with Crippen LogP contribution in [0.25, 0.3) is 0 Å². The molecule has 1 amide bonds. The van der Waals surface area contributed by atoms with Crippen molar-refractivity contribution >= 4 is 17.6 Å². The van der Waals surface area contributed by atoms with Crippen LogP contribution in [-0.2, 0) is 0 Å². The van der Waals surface area contributed by atoms with Gasteiger partial charge in [-0.2, -0.15) is 0 Å². The molecular weight excluding hydrogens is 378 g/mol. The number of rotatable bonds is 9. The first-order valence-electron chi connectivity index (χ1n) is 9.26. The Bertz CT molecular complexity index is 881. The van der Waals surface area contributed by atoms with Gasteiger partial charge in [-0.05, 0) is 57.5 Å². The first kappa shape index (κ1) is 21.9. The zero-order valence-electron chi connectivity index (χ0n) is 16.9. The highest BCUT2D eigenvalue weighted by atomic mass is 16.5. The van der Waals surface area contributed by atoms with Crippen LogP contribution in [0.1, 0.15) is 47.1 Å². The molecule has 0 atom stereocenters. The lowest BCUT2D eigenvalue weighted by atomic mass is 10.1. The summed E-state index contributed by atoms with van der Waals surface area (Å²) < 4.78 is 16.8. The molecule has 0 fully saturated rings. The Labute approximate surface area is 169 Å². The number of benzene rings is 2. The molecule has 0 aromatic heterocycles. The van der Waals surface area contributed by atoms with Crippen LogP contribution >= 0.6 is 0 Å². The van der Waals surface area contributed by atoms with E-state index < -0.39 is 11.9 Å². The number of anilines is 1. The Morgan fingerprint density at radius 1 is 0.931 bits per heavy atom. The lowest BCUT2D eigenvalue weighted by Crippen LogP contribution is -2.14. The van der Waals surface area contributed by atoms with E-state index in [4.69, 9.17) is 14.2 Å². The molecule has 0 heterocycles. The number of carbonyl (C=O) groups excluding carboxylic acids is 1. The number of amides is 1. The second-order valence-corrected chi connectivity index (χ2v) is 6.05. The molecule has 29 heavy (non-hydrogen) atoms. The van der Waals surface area contributed by atoms with Crippen molar-refractivity contribution in [1.82, 2.24) is 0 Å². The maximum atomic E-state index is 12.8. The van der Waals surface area contributed by atoms with Crippen molar-refractivity contribution in [2.45, 2.75) is 27.7 Å². The molecule has 8 nitrogen and oxygen atoms in total. The van der Waals surface area contributed by atoms with Crippen LogP contribution < -0.4 is 19.5 Å². The van der Waals surface area contributed by atoms with Crippen molar-refractivity contribution in [3.05, 3.63) is 41.0 Å². The highest BCUT2D eigenvalue weighted by molar-refractivity contribution is 6.06. The minimum Gasteiger partial charge on any atom is -0.507 e. The van der Waals surface area contributed by atoms with Crippen molar-refractivity contribution in [3.8, 4) is 23.0 Å². The lowest BCUT2D eigenvalue weighted by molar-refractivity contribution is 0.0693. The normalized spacial score (nSPS) is 10.3. The van der Waals surface area contributed by atoms with Crippen molar-refractivity contribution in [2.24, 2.45) is 0 Å². The summed E-state index contributed by atoms with van der Waals surface area (Å²) in [7, 11) is 0. The average Bonchev–Trinajstić information content (AvgIpc) is 2.66. The van der Waals surface area contributed by atoms with Gasteiger partial charge in [0, 0.05) is 11.3 Å². The van der Waals surface area contributed by atoms with Gasteiger partial charge in [0.05, 0.1) is 19.8 Å². The van der Waals surface area contributed by atoms with Crippen LogP contribution in [0.15, 0.2) is 24.3 Å². The molecule has 0 saturated carbocycles. The number of aryl methyl sites for hydroxylation is 1. The van der Waals surface area contributed by atoms with E-state index in [-0.39, 0.29) is 22.6 Å². The molecule has 3 N–H and O–H groups in total. The Hall–Kier alpha value is -3.42. The molecule has 0 aliphatic carbocycles. The standard InChI is InChI=1S/C21H25NO7/c1-5-27-16-9-13(10-17(28-6-2)19(16)29-7-3)20(24)22-14-8-12(4)18(23)15(11-14)21(25)26/h8-11,23H,5-7H2,1-4H3,(H,22,24)(H,25,26). The maximum absolute atomic E-state index is 12.8. The molecule has 0 bridgehead atoms. The number of hydrogen-bond acceptors (Lipinski definition) is 6. The first-order chi connectivity index (χ1) is 13.8. The molecule has 0 unspecified atom stereocenters. The van der Waals surface area contributed by atoms with E-state index in [0.29, 0.717) is 42.6 Å². The van der Waals surface area contributed by atoms with Crippen molar-refractivity contribution < 1.29 is 34.0 Å². The molecule has 2 aromatic carbocycles. The molecular formula is C21H25NO7. The van der Waals surface area contributed by atoms with Crippen molar-refractivity contribution in [3.63, 3.8) is 0 Å². The summed E-state index contributed by atoms with van der Waals surface area (Å²) in [5.74, 6) is -0.955. The third-order valence-corrected chi connectivity index (χ3v) is 3.96. The van der Waals surface area contributed by atoms with Gasteiger partial charge in [0.2, 0.25) is 5.75 Å². The Morgan fingerprint density at radius 3 is 1.97 bits per heavy atom. The van der Waals surface area contributed by atoms with E-state index in [1.54, 1.807) is 6.92 Å². The summed E-state index contributed by atoms with van der Waals surface area (Å²) in [6.45, 7) is 8.15. The van der Waals surface area contributed by atoms with Crippen LogP contribution in [0, 0.1) is 6.92 Å². The fraction of sp³-hybridized carbons (Fsp3) is 0.333. The predicted molar refractivity (Wildman–Crippen MR) is 108 cm³/mol. The predicted octanol–water partition coefficient (Wildman–Crippen LogP) is 3.85. The van der Waals surface area contributed by atoms with Gasteiger partial charge in [0.25, 0.3) is 5.91 Å². The smallest absolute Gasteiger partial charge is 0.339 e. The van der Waals surface area contributed by atoms with E-state index in [0.717, 1.165) is 0 Å². The van der Waals surface area contributed by atoms with E-state index in [1.165, 1.54) is 24.3 Å². The maximum Gasteiger partial charge on any atom is 0.339 e. The summed E-state index contributed by atoms with van der Waals surface area (Å²) >= 11 is 0. The van der Waals surface area contributed by atoms with E-state index in [9.17, 15) is 19.8 Å². The van der Waals surface area contributed by atoms with Gasteiger partial charge >= 0.3 is 5.97 Å². The monoisotopic (exact) mass is 403 g/mol. The molecule has 8 heteroatoms. The summed E-state index contributed by atoms with van der Waals surface area (Å²) in [4.78, 5) is 24.1. The molecule has 0 aliphatic rings.